The standard InChI is InChI=1S/C21H24N4O/c22-9-8-18-13-23-20-7-6-17(12-19(18)20)15-25-11-10-24(21(25)26)14-16-4-2-1-3-5-16/h1-7,12-13,23H,8-11,14-15,22H2. The first-order chi connectivity index (χ1) is 12.7. The van der Waals surface area contributed by atoms with Crippen LogP contribution in [0.25, 0.3) is 10.9 Å². The van der Waals surface area contributed by atoms with E-state index in [4.69, 9.17) is 5.73 Å². The molecule has 4 rings (SSSR count). The molecule has 3 aromatic rings. The number of aromatic amines is 1. The molecule has 1 aliphatic heterocycles. The Morgan fingerprint density at radius 1 is 0.962 bits per heavy atom. The molecule has 0 bridgehead atoms. The highest BCUT2D eigenvalue weighted by molar-refractivity contribution is 5.84. The summed E-state index contributed by atoms with van der Waals surface area (Å²) >= 11 is 0. The number of aromatic nitrogens is 1. The summed E-state index contributed by atoms with van der Waals surface area (Å²) in [6.07, 6.45) is 2.89. The zero-order chi connectivity index (χ0) is 17.9. The Labute approximate surface area is 153 Å². The Morgan fingerprint density at radius 3 is 2.42 bits per heavy atom. The van der Waals surface area contributed by atoms with Gasteiger partial charge in [0.15, 0.2) is 0 Å². The molecule has 0 spiro atoms. The fraction of sp³-hybridized carbons (Fsp3) is 0.286. The lowest BCUT2D eigenvalue weighted by Gasteiger charge is -2.19. The highest BCUT2D eigenvalue weighted by Gasteiger charge is 2.28. The molecule has 0 atom stereocenters. The van der Waals surface area contributed by atoms with Gasteiger partial charge in [-0.25, -0.2) is 4.79 Å². The molecule has 1 aliphatic rings. The van der Waals surface area contributed by atoms with Crippen molar-refractivity contribution in [2.24, 2.45) is 5.73 Å². The molecule has 2 amide bonds. The van der Waals surface area contributed by atoms with Gasteiger partial charge in [-0.2, -0.15) is 0 Å². The van der Waals surface area contributed by atoms with Gasteiger partial charge < -0.3 is 20.5 Å². The Bertz CT molecular complexity index is 903. The Kier molecular flexibility index (Phi) is 4.63. The van der Waals surface area contributed by atoms with E-state index in [0.717, 1.165) is 30.6 Å². The number of hydrogen-bond acceptors (Lipinski definition) is 2. The van der Waals surface area contributed by atoms with Gasteiger partial charge in [0.25, 0.3) is 0 Å². The first-order valence-electron chi connectivity index (χ1n) is 9.11. The average Bonchev–Trinajstić information content (AvgIpc) is 3.21. The molecule has 1 fully saturated rings. The number of H-pyrrole nitrogens is 1. The van der Waals surface area contributed by atoms with Crippen molar-refractivity contribution in [3.8, 4) is 0 Å². The quantitative estimate of drug-likeness (QED) is 0.719. The monoisotopic (exact) mass is 348 g/mol. The third-order valence-corrected chi connectivity index (χ3v) is 5.02. The van der Waals surface area contributed by atoms with Crippen molar-refractivity contribution in [2.45, 2.75) is 19.5 Å². The zero-order valence-corrected chi connectivity index (χ0v) is 14.8. The molecule has 0 radical (unpaired) electrons. The highest BCUT2D eigenvalue weighted by Crippen LogP contribution is 2.22. The Morgan fingerprint density at radius 2 is 1.69 bits per heavy atom. The van der Waals surface area contributed by atoms with Crippen molar-refractivity contribution in [3.63, 3.8) is 0 Å². The number of nitrogens with one attached hydrogen (secondary N) is 1. The number of nitrogens with zero attached hydrogens (tertiary/aromatic N) is 2. The van der Waals surface area contributed by atoms with E-state index in [1.54, 1.807) is 0 Å². The van der Waals surface area contributed by atoms with Crippen molar-refractivity contribution >= 4 is 16.9 Å². The van der Waals surface area contributed by atoms with Crippen LogP contribution in [0.15, 0.2) is 54.7 Å². The smallest absolute Gasteiger partial charge is 0.320 e. The van der Waals surface area contributed by atoms with Crippen LogP contribution in [0.4, 0.5) is 4.79 Å². The second-order valence-corrected chi connectivity index (χ2v) is 6.84. The first kappa shape index (κ1) is 16.7. The molecule has 0 aliphatic carbocycles. The normalized spacial score (nSPS) is 14.6. The number of nitrogens with two attached hydrogens (primary N) is 1. The van der Waals surface area contributed by atoms with Crippen LogP contribution in [-0.2, 0) is 19.5 Å². The zero-order valence-electron chi connectivity index (χ0n) is 14.8. The second-order valence-electron chi connectivity index (χ2n) is 6.84. The number of fused-ring (bicyclic) bond motifs is 1. The topological polar surface area (TPSA) is 65.4 Å². The van der Waals surface area contributed by atoms with Crippen molar-refractivity contribution in [1.82, 2.24) is 14.8 Å². The third kappa shape index (κ3) is 3.30. The largest absolute Gasteiger partial charge is 0.361 e. The van der Waals surface area contributed by atoms with Gasteiger partial charge in [0.2, 0.25) is 0 Å². The summed E-state index contributed by atoms with van der Waals surface area (Å²) < 4.78 is 0. The fourth-order valence-electron chi connectivity index (χ4n) is 3.64. The summed E-state index contributed by atoms with van der Waals surface area (Å²) in [7, 11) is 0. The van der Waals surface area contributed by atoms with Crippen molar-refractivity contribution < 1.29 is 4.79 Å². The summed E-state index contributed by atoms with van der Waals surface area (Å²) in [6, 6.07) is 16.6. The van der Waals surface area contributed by atoms with Crippen LogP contribution in [-0.4, -0.2) is 40.4 Å². The maximum Gasteiger partial charge on any atom is 0.320 e. The van der Waals surface area contributed by atoms with E-state index in [0.29, 0.717) is 19.6 Å². The van der Waals surface area contributed by atoms with Gasteiger partial charge in [-0.3, -0.25) is 0 Å². The van der Waals surface area contributed by atoms with Gasteiger partial charge in [-0.15, -0.1) is 0 Å². The second kappa shape index (κ2) is 7.22. The minimum Gasteiger partial charge on any atom is -0.361 e. The number of urea groups is 1. The summed E-state index contributed by atoms with van der Waals surface area (Å²) in [5, 5.41) is 1.21. The number of hydrogen-bond donors (Lipinski definition) is 2. The molecule has 1 aromatic heterocycles. The maximum atomic E-state index is 12.7. The van der Waals surface area contributed by atoms with Crippen LogP contribution in [0.3, 0.4) is 0 Å². The van der Waals surface area contributed by atoms with Crippen LogP contribution in [0, 0.1) is 0 Å². The lowest BCUT2D eigenvalue weighted by molar-refractivity contribution is 0.189. The highest BCUT2D eigenvalue weighted by atomic mass is 16.2. The molecule has 5 heteroatoms. The fourth-order valence-corrected chi connectivity index (χ4v) is 3.64. The molecule has 0 saturated carbocycles. The Balaban J connectivity index is 1.46. The first-order valence-corrected chi connectivity index (χ1v) is 9.11. The van der Waals surface area contributed by atoms with Crippen LogP contribution in [0.1, 0.15) is 16.7 Å². The molecule has 2 aromatic carbocycles. The summed E-state index contributed by atoms with van der Waals surface area (Å²) in [5.41, 5.74) is 10.4. The molecule has 5 nitrogen and oxygen atoms in total. The lowest BCUT2D eigenvalue weighted by atomic mass is 10.1. The van der Waals surface area contributed by atoms with E-state index >= 15 is 0 Å². The lowest BCUT2D eigenvalue weighted by Crippen LogP contribution is -2.31. The van der Waals surface area contributed by atoms with Crippen molar-refractivity contribution in [2.75, 3.05) is 19.6 Å². The number of benzene rings is 2. The van der Waals surface area contributed by atoms with Gasteiger partial charge in [0, 0.05) is 43.3 Å². The molecule has 2 heterocycles. The molecule has 134 valence electrons. The van der Waals surface area contributed by atoms with Crippen molar-refractivity contribution in [1.29, 1.82) is 0 Å². The molecule has 1 saturated heterocycles. The van der Waals surface area contributed by atoms with E-state index in [2.05, 4.69) is 35.3 Å². The number of amides is 2. The van der Waals surface area contributed by atoms with Gasteiger partial charge in [0.05, 0.1) is 0 Å². The van der Waals surface area contributed by atoms with Crippen LogP contribution in [0.5, 0.6) is 0 Å². The summed E-state index contributed by atoms with van der Waals surface area (Å²) in [5.74, 6) is 0. The molecular formula is C21H24N4O. The minimum atomic E-state index is 0.116. The van der Waals surface area contributed by atoms with Gasteiger partial charge in [-0.1, -0.05) is 36.4 Å². The van der Waals surface area contributed by atoms with Crippen LogP contribution in [0.2, 0.25) is 0 Å². The van der Waals surface area contributed by atoms with Gasteiger partial charge >= 0.3 is 6.03 Å². The minimum absolute atomic E-state index is 0.116. The molecular weight excluding hydrogens is 324 g/mol. The van der Waals surface area contributed by atoms with E-state index in [-0.39, 0.29) is 6.03 Å². The van der Waals surface area contributed by atoms with Crippen LogP contribution < -0.4 is 5.73 Å². The summed E-state index contributed by atoms with van der Waals surface area (Å²) in [4.78, 5) is 19.9. The van der Waals surface area contributed by atoms with E-state index in [1.807, 2.05) is 34.2 Å². The van der Waals surface area contributed by atoms with E-state index in [9.17, 15) is 4.79 Å². The molecule has 0 unspecified atom stereocenters. The molecule has 3 N–H and O–H groups in total. The Hall–Kier alpha value is -2.79. The van der Waals surface area contributed by atoms with Gasteiger partial charge in [0.1, 0.15) is 0 Å². The summed E-state index contributed by atoms with van der Waals surface area (Å²) in [6.45, 7) is 3.50. The van der Waals surface area contributed by atoms with Crippen molar-refractivity contribution in [3.05, 3.63) is 71.4 Å². The number of rotatable bonds is 6. The van der Waals surface area contributed by atoms with E-state index in [1.165, 1.54) is 16.5 Å². The number of carbonyl (C=O) groups is 1. The van der Waals surface area contributed by atoms with Gasteiger partial charge in [-0.05, 0) is 41.8 Å². The predicted octanol–water partition coefficient (Wildman–Crippen LogP) is 3.11. The SMILES string of the molecule is NCCc1c[nH]c2ccc(CN3CCN(Cc4ccccc4)C3=O)cc12. The van der Waals surface area contributed by atoms with Crippen LogP contribution >= 0.6 is 0 Å². The predicted molar refractivity (Wildman–Crippen MR) is 104 cm³/mol. The maximum absolute atomic E-state index is 12.7. The molecule has 26 heavy (non-hydrogen) atoms. The third-order valence-electron chi connectivity index (χ3n) is 5.02. The number of carbonyl (C=O) groups excluding carboxylic acids is 1. The average molecular weight is 348 g/mol. The van der Waals surface area contributed by atoms with E-state index < -0.39 is 0 Å².